The van der Waals surface area contributed by atoms with Crippen LogP contribution in [0.5, 0.6) is 0 Å². The molecule has 1 fully saturated rings. The average Bonchev–Trinajstić information content (AvgIpc) is 3.85. The molecule has 0 amide bonds. The van der Waals surface area contributed by atoms with Crippen LogP contribution in [-0.4, -0.2) is 17.8 Å². The number of hydrogen-bond donors (Lipinski definition) is 1. The number of benzene rings is 7. The zero-order chi connectivity index (χ0) is 35.4. The number of aliphatic imine (C=N–C) groups is 2. The second-order valence-electron chi connectivity index (χ2n) is 13.9. The fourth-order valence-electron chi connectivity index (χ4n) is 8.45. The van der Waals surface area contributed by atoms with Crippen LogP contribution >= 0.6 is 0 Å². The van der Waals surface area contributed by atoms with Gasteiger partial charge >= 0.3 is 0 Å². The van der Waals surface area contributed by atoms with Crippen LogP contribution in [0.25, 0.3) is 33.4 Å². The Balaban J connectivity index is 1.00. The van der Waals surface area contributed by atoms with Crippen molar-refractivity contribution in [3.63, 3.8) is 0 Å². The predicted octanol–water partition coefficient (Wildman–Crippen LogP) is 11.3. The van der Waals surface area contributed by atoms with Gasteiger partial charge in [0.15, 0.2) is 22.9 Å². The Bertz CT molecular complexity index is 2540. The minimum Gasteiger partial charge on any atom is -0.344 e. The number of rotatable bonds is 8. The van der Waals surface area contributed by atoms with Gasteiger partial charge in [-0.25, -0.2) is 9.98 Å². The van der Waals surface area contributed by atoms with Crippen molar-refractivity contribution in [2.24, 2.45) is 9.98 Å². The molecule has 7 aromatic carbocycles. The number of fused-ring (bicyclic) bond motifs is 4. The molecule has 5 nitrogen and oxygen atoms in total. The van der Waals surface area contributed by atoms with Crippen molar-refractivity contribution < 1.29 is 0 Å². The summed E-state index contributed by atoms with van der Waals surface area (Å²) < 4.78 is 0.852. The SMILES string of the molecule is CCC1N2c3ccccc3[N+]12c1ccc(-c2cccc(-c3ccccc3-c3ccccc3C3N=C(c4ccccc4)N=C(c4ccccc4)N3)c2)cc1. The quantitative estimate of drug-likeness (QED) is 0.128. The monoisotopic (exact) mass is 684 g/mol. The molecule has 1 N–H and O–H groups in total. The van der Waals surface area contributed by atoms with Gasteiger partial charge in [-0.2, -0.15) is 0 Å². The van der Waals surface area contributed by atoms with Crippen LogP contribution in [0.15, 0.2) is 192 Å². The van der Waals surface area contributed by atoms with Gasteiger partial charge < -0.3 is 5.32 Å². The maximum Gasteiger partial charge on any atom is 0.240 e. The number of para-hydroxylation sites is 2. The van der Waals surface area contributed by atoms with Crippen molar-refractivity contribution in [2.45, 2.75) is 25.7 Å². The molecule has 5 heteroatoms. The van der Waals surface area contributed by atoms with E-state index in [1.54, 1.807) is 0 Å². The Labute approximate surface area is 310 Å². The van der Waals surface area contributed by atoms with Gasteiger partial charge in [0, 0.05) is 41.3 Å². The van der Waals surface area contributed by atoms with Gasteiger partial charge in [-0.3, -0.25) is 0 Å². The first kappa shape index (κ1) is 31.2. The lowest BCUT2D eigenvalue weighted by Gasteiger charge is -2.27. The standard InChI is InChI=1S/C48H38N5/c1-2-45-52-43-26-13-14-27-44(43)53(45,52)38-30-28-33(29-31-38)36-20-15-21-37(32-36)39-22-9-10-23-40(39)41-24-11-12-25-42(41)48-50-46(34-16-5-3-6-17-34)49-47(51-48)35-18-7-4-8-19-35/h3-32,45,48H,2H2,1H3,(H,49,50,51)/q+1. The molecule has 0 aliphatic carbocycles. The number of quaternary nitrogens is 1. The third kappa shape index (κ3) is 5.04. The number of nitrogens with one attached hydrogen (secondary N) is 1. The Morgan fingerprint density at radius 1 is 0.547 bits per heavy atom. The molecule has 1 saturated heterocycles. The van der Waals surface area contributed by atoms with Crippen LogP contribution in [0.4, 0.5) is 17.1 Å². The smallest absolute Gasteiger partial charge is 0.240 e. The second kappa shape index (κ2) is 12.6. The van der Waals surface area contributed by atoms with Gasteiger partial charge in [-0.1, -0.05) is 146 Å². The molecule has 3 unspecified atom stereocenters. The van der Waals surface area contributed by atoms with Crippen LogP contribution in [0.2, 0.25) is 0 Å². The van der Waals surface area contributed by atoms with Gasteiger partial charge in [0.05, 0.1) is 0 Å². The molecule has 10 rings (SSSR count). The van der Waals surface area contributed by atoms with Gasteiger partial charge in [-0.15, -0.1) is 9.60 Å². The Hall–Kier alpha value is -6.56. The Kier molecular flexibility index (Phi) is 7.41. The fraction of sp³-hybridized carbons (Fsp3) is 0.0833. The van der Waals surface area contributed by atoms with E-state index in [9.17, 15) is 0 Å². The number of amidine groups is 2. The van der Waals surface area contributed by atoms with Crippen LogP contribution in [0.3, 0.4) is 0 Å². The summed E-state index contributed by atoms with van der Waals surface area (Å²) in [4.78, 5) is 10.2. The van der Waals surface area contributed by atoms with Gasteiger partial charge in [-0.05, 0) is 57.6 Å². The molecular weight excluding hydrogens is 647 g/mol. The zero-order valence-corrected chi connectivity index (χ0v) is 29.5. The van der Waals surface area contributed by atoms with Crippen LogP contribution in [0, 0.1) is 0 Å². The molecule has 3 atom stereocenters. The summed E-state index contributed by atoms with van der Waals surface area (Å²) in [6, 6.07) is 64.9. The van der Waals surface area contributed by atoms with Crippen molar-refractivity contribution in [2.75, 3.05) is 5.01 Å². The molecule has 7 aromatic rings. The summed E-state index contributed by atoms with van der Waals surface area (Å²) in [5.41, 5.74) is 14.3. The summed E-state index contributed by atoms with van der Waals surface area (Å²) in [5.74, 6) is 1.53. The van der Waals surface area contributed by atoms with E-state index in [4.69, 9.17) is 9.98 Å². The van der Waals surface area contributed by atoms with Gasteiger partial charge in [0.1, 0.15) is 12.0 Å². The average molecular weight is 685 g/mol. The minimum atomic E-state index is -0.331. The van der Waals surface area contributed by atoms with Crippen molar-refractivity contribution in [1.82, 2.24) is 9.91 Å². The first-order valence-electron chi connectivity index (χ1n) is 18.5. The van der Waals surface area contributed by atoms with Crippen LogP contribution in [0.1, 0.15) is 36.2 Å². The molecule has 0 radical (unpaired) electrons. The number of hydrogen-bond acceptors (Lipinski definition) is 4. The highest BCUT2D eigenvalue weighted by Gasteiger charge is 2.76. The molecule has 53 heavy (non-hydrogen) atoms. The second-order valence-corrected chi connectivity index (χ2v) is 13.9. The van der Waals surface area contributed by atoms with E-state index in [0.717, 1.165) is 50.5 Å². The van der Waals surface area contributed by atoms with E-state index in [2.05, 4.69) is 163 Å². The molecule has 3 aliphatic rings. The molecule has 0 spiro atoms. The van der Waals surface area contributed by atoms with Gasteiger partial charge in [0.25, 0.3) is 0 Å². The lowest BCUT2D eigenvalue weighted by Crippen LogP contribution is -2.34. The molecule has 0 bridgehead atoms. The third-order valence-corrected chi connectivity index (χ3v) is 10.9. The third-order valence-electron chi connectivity index (χ3n) is 10.9. The summed E-state index contributed by atoms with van der Waals surface area (Å²) in [6.45, 7) is 2.29. The highest BCUT2D eigenvalue weighted by atomic mass is 16.0. The summed E-state index contributed by atoms with van der Waals surface area (Å²) in [7, 11) is 0. The number of nitrogens with zero attached hydrogens (tertiary/aromatic N) is 4. The molecule has 0 saturated carbocycles. The molecular formula is C48H38N5+. The van der Waals surface area contributed by atoms with Crippen LogP contribution in [-0.2, 0) is 0 Å². The van der Waals surface area contributed by atoms with Crippen molar-refractivity contribution in [3.8, 4) is 33.4 Å². The Morgan fingerprint density at radius 2 is 1.17 bits per heavy atom. The van der Waals surface area contributed by atoms with Gasteiger partial charge in [0.2, 0.25) is 6.17 Å². The fourth-order valence-corrected chi connectivity index (χ4v) is 8.45. The van der Waals surface area contributed by atoms with Crippen LogP contribution < -0.4 is 14.9 Å². The van der Waals surface area contributed by atoms with E-state index < -0.39 is 0 Å². The predicted molar refractivity (Wildman–Crippen MR) is 219 cm³/mol. The van der Waals surface area contributed by atoms with E-state index in [1.165, 1.54) is 39.3 Å². The maximum atomic E-state index is 5.21. The highest BCUT2D eigenvalue weighted by Crippen LogP contribution is 2.67. The molecule has 3 heterocycles. The van der Waals surface area contributed by atoms with E-state index in [-0.39, 0.29) is 6.17 Å². The first-order valence-corrected chi connectivity index (χ1v) is 18.5. The maximum absolute atomic E-state index is 5.21. The largest absolute Gasteiger partial charge is 0.344 e. The molecule has 0 aromatic heterocycles. The Morgan fingerprint density at radius 3 is 1.94 bits per heavy atom. The van der Waals surface area contributed by atoms with Crippen molar-refractivity contribution in [1.29, 1.82) is 0 Å². The molecule has 254 valence electrons. The van der Waals surface area contributed by atoms with Crippen molar-refractivity contribution >= 4 is 28.7 Å². The summed E-state index contributed by atoms with van der Waals surface area (Å²) >= 11 is 0. The zero-order valence-electron chi connectivity index (χ0n) is 29.5. The van der Waals surface area contributed by atoms with Crippen molar-refractivity contribution in [3.05, 3.63) is 199 Å². The normalized spacial score (nSPS) is 19.5. The summed E-state index contributed by atoms with van der Waals surface area (Å²) in [5, 5.41) is 6.22. The highest BCUT2D eigenvalue weighted by molar-refractivity contribution is 6.13. The first-order chi connectivity index (χ1) is 26.2. The lowest BCUT2D eigenvalue weighted by atomic mass is 9.89. The topological polar surface area (TPSA) is 39.8 Å². The van der Waals surface area contributed by atoms with E-state index >= 15 is 0 Å². The minimum absolute atomic E-state index is 0.331. The lowest BCUT2D eigenvalue weighted by molar-refractivity contribution is 0.615. The number of anilines is 1. The van der Waals surface area contributed by atoms with E-state index in [0.29, 0.717) is 6.17 Å². The molecule has 3 aliphatic heterocycles. The summed E-state index contributed by atoms with van der Waals surface area (Å²) in [6.07, 6.45) is 1.26. The van der Waals surface area contributed by atoms with E-state index in [1.807, 2.05) is 36.4 Å².